The quantitative estimate of drug-likeness (QED) is 0.186. The van der Waals surface area contributed by atoms with Gasteiger partial charge in [0.15, 0.2) is 6.29 Å². The van der Waals surface area contributed by atoms with Gasteiger partial charge in [-0.25, -0.2) is 0 Å². The smallest absolute Gasteiger partial charge is 0.157 e. The Morgan fingerprint density at radius 3 is 1.82 bits per heavy atom. The van der Waals surface area contributed by atoms with E-state index in [1.807, 2.05) is 13.8 Å². The van der Waals surface area contributed by atoms with E-state index in [9.17, 15) is 0 Å². The third kappa shape index (κ3) is 15.8. The average molecular weight is 311 g/mol. The van der Waals surface area contributed by atoms with Gasteiger partial charge in [0.2, 0.25) is 0 Å². The fourth-order valence-electron chi connectivity index (χ4n) is 2.36. The average Bonchev–Trinajstić information content (AvgIpc) is 2.52. The maximum atomic E-state index is 5.55. The number of ether oxygens (including phenoxy) is 2. The Hall–Kier alpha value is -0.600. The van der Waals surface area contributed by atoms with Crippen molar-refractivity contribution in [3.63, 3.8) is 0 Å². The molecule has 0 unspecified atom stereocenters. The van der Waals surface area contributed by atoms with E-state index in [-0.39, 0.29) is 6.29 Å². The molecular formula is C20H38O2. The van der Waals surface area contributed by atoms with E-state index < -0.39 is 0 Å². The molecule has 2 heteroatoms. The molecule has 0 fully saturated rings. The highest BCUT2D eigenvalue weighted by Gasteiger charge is 2.06. The van der Waals surface area contributed by atoms with Crippen LogP contribution in [0.5, 0.6) is 0 Å². The number of hydrogen-bond donors (Lipinski definition) is 0. The molecule has 0 aliphatic carbocycles. The van der Waals surface area contributed by atoms with E-state index in [1.165, 1.54) is 51.4 Å². The standard InChI is InChI=1S/C20H38O2/c1-4-7-8-9-10-11-12-13-14-15-16-17-18-19-20(21-5-2)22-6-3/h10-11,13-14,20H,4-9,12,15-19H2,1-3H3/b11-10+,14-13+. The lowest BCUT2D eigenvalue weighted by atomic mass is 10.1. The molecule has 0 aromatic heterocycles. The molecule has 0 N–H and O–H groups in total. The summed E-state index contributed by atoms with van der Waals surface area (Å²) in [4.78, 5) is 0. The first-order valence-corrected chi connectivity index (χ1v) is 9.38. The van der Waals surface area contributed by atoms with E-state index in [0.29, 0.717) is 0 Å². The van der Waals surface area contributed by atoms with Crippen molar-refractivity contribution in [1.29, 1.82) is 0 Å². The summed E-state index contributed by atoms with van der Waals surface area (Å²) in [5.74, 6) is 0. The summed E-state index contributed by atoms with van der Waals surface area (Å²) in [6, 6.07) is 0. The minimum atomic E-state index is 0.00314. The van der Waals surface area contributed by atoms with Crippen molar-refractivity contribution in [2.45, 2.75) is 91.3 Å². The Labute approximate surface area is 139 Å². The van der Waals surface area contributed by atoms with Crippen molar-refractivity contribution in [1.82, 2.24) is 0 Å². The number of rotatable bonds is 16. The summed E-state index contributed by atoms with van der Waals surface area (Å²) in [5, 5.41) is 0. The summed E-state index contributed by atoms with van der Waals surface area (Å²) >= 11 is 0. The topological polar surface area (TPSA) is 18.5 Å². The molecule has 0 amide bonds. The predicted molar refractivity (Wildman–Crippen MR) is 97.2 cm³/mol. The van der Waals surface area contributed by atoms with Gasteiger partial charge < -0.3 is 9.47 Å². The van der Waals surface area contributed by atoms with Gasteiger partial charge in [0, 0.05) is 13.2 Å². The van der Waals surface area contributed by atoms with Gasteiger partial charge >= 0.3 is 0 Å². The molecular weight excluding hydrogens is 272 g/mol. The largest absolute Gasteiger partial charge is 0.353 e. The first-order valence-electron chi connectivity index (χ1n) is 9.38. The van der Waals surface area contributed by atoms with Crippen LogP contribution in [0.1, 0.15) is 85.0 Å². The molecule has 0 rings (SSSR count). The normalized spacial score (nSPS) is 12.2. The monoisotopic (exact) mass is 310 g/mol. The highest BCUT2D eigenvalue weighted by atomic mass is 16.7. The Morgan fingerprint density at radius 1 is 0.682 bits per heavy atom. The zero-order chi connectivity index (χ0) is 16.3. The molecule has 0 spiro atoms. The molecule has 0 saturated carbocycles. The maximum Gasteiger partial charge on any atom is 0.157 e. The Morgan fingerprint density at radius 2 is 1.27 bits per heavy atom. The SMILES string of the molecule is CCCCC/C=C/C/C=C/CCCCCC(OCC)OCC. The fourth-order valence-corrected chi connectivity index (χ4v) is 2.36. The highest BCUT2D eigenvalue weighted by Crippen LogP contribution is 2.10. The van der Waals surface area contributed by atoms with Gasteiger partial charge in [-0.05, 0) is 58.8 Å². The van der Waals surface area contributed by atoms with Crippen LogP contribution in [0.15, 0.2) is 24.3 Å². The molecule has 130 valence electrons. The van der Waals surface area contributed by atoms with Crippen LogP contribution in [0, 0.1) is 0 Å². The van der Waals surface area contributed by atoms with Crippen LogP contribution >= 0.6 is 0 Å². The lowest BCUT2D eigenvalue weighted by Gasteiger charge is -2.16. The first kappa shape index (κ1) is 21.4. The Balaban J connectivity index is 3.39. The summed E-state index contributed by atoms with van der Waals surface area (Å²) in [6.45, 7) is 7.77. The third-order valence-electron chi connectivity index (χ3n) is 3.60. The van der Waals surface area contributed by atoms with Gasteiger partial charge in [0.25, 0.3) is 0 Å². The van der Waals surface area contributed by atoms with Gasteiger partial charge in [0.1, 0.15) is 0 Å². The van der Waals surface area contributed by atoms with Crippen molar-refractivity contribution in [2.24, 2.45) is 0 Å². The first-order chi connectivity index (χ1) is 10.8. The van der Waals surface area contributed by atoms with E-state index in [2.05, 4.69) is 31.2 Å². The van der Waals surface area contributed by atoms with Gasteiger partial charge in [-0.2, -0.15) is 0 Å². The van der Waals surface area contributed by atoms with Gasteiger partial charge in [-0.15, -0.1) is 0 Å². The molecule has 0 saturated heterocycles. The molecule has 0 aromatic carbocycles. The highest BCUT2D eigenvalue weighted by molar-refractivity contribution is 4.92. The second kappa shape index (κ2) is 18.4. The molecule has 0 aliphatic heterocycles. The van der Waals surface area contributed by atoms with Crippen LogP contribution < -0.4 is 0 Å². The van der Waals surface area contributed by atoms with Gasteiger partial charge in [-0.1, -0.05) is 50.5 Å². The lowest BCUT2D eigenvalue weighted by Crippen LogP contribution is -2.17. The van der Waals surface area contributed by atoms with Crippen LogP contribution in [0.25, 0.3) is 0 Å². The molecule has 0 radical (unpaired) electrons. The summed E-state index contributed by atoms with van der Waals surface area (Å²) < 4.78 is 11.1. The lowest BCUT2D eigenvalue weighted by molar-refractivity contribution is -0.140. The molecule has 0 atom stereocenters. The van der Waals surface area contributed by atoms with Crippen LogP contribution in [0.2, 0.25) is 0 Å². The zero-order valence-corrected chi connectivity index (χ0v) is 15.2. The molecule has 22 heavy (non-hydrogen) atoms. The van der Waals surface area contributed by atoms with Crippen LogP contribution in [0.4, 0.5) is 0 Å². The van der Waals surface area contributed by atoms with E-state index in [0.717, 1.165) is 26.1 Å². The fraction of sp³-hybridized carbons (Fsp3) is 0.800. The molecule has 2 nitrogen and oxygen atoms in total. The van der Waals surface area contributed by atoms with Crippen LogP contribution in [-0.2, 0) is 9.47 Å². The van der Waals surface area contributed by atoms with Crippen molar-refractivity contribution < 1.29 is 9.47 Å². The minimum Gasteiger partial charge on any atom is -0.353 e. The maximum absolute atomic E-state index is 5.55. The molecule has 0 aliphatic rings. The van der Waals surface area contributed by atoms with Crippen LogP contribution in [-0.4, -0.2) is 19.5 Å². The van der Waals surface area contributed by atoms with E-state index >= 15 is 0 Å². The summed E-state index contributed by atoms with van der Waals surface area (Å²) in [6.07, 6.45) is 21.5. The number of allylic oxidation sites excluding steroid dienone is 4. The van der Waals surface area contributed by atoms with Crippen molar-refractivity contribution in [3.8, 4) is 0 Å². The van der Waals surface area contributed by atoms with Crippen molar-refractivity contribution in [2.75, 3.05) is 13.2 Å². The molecule has 0 aromatic rings. The Bertz CT molecular complexity index is 252. The third-order valence-corrected chi connectivity index (χ3v) is 3.60. The minimum absolute atomic E-state index is 0.00314. The van der Waals surface area contributed by atoms with Crippen molar-refractivity contribution >= 4 is 0 Å². The molecule has 0 bridgehead atoms. The van der Waals surface area contributed by atoms with Crippen molar-refractivity contribution in [3.05, 3.63) is 24.3 Å². The second-order valence-corrected chi connectivity index (χ2v) is 5.65. The number of hydrogen-bond acceptors (Lipinski definition) is 2. The van der Waals surface area contributed by atoms with Crippen LogP contribution in [0.3, 0.4) is 0 Å². The zero-order valence-electron chi connectivity index (χ0n) is 15.2. The Kier molecular flexibility index (Phi) is 17.9. The van der Waals surface area contributed by atoms with Gasteiger partial charge in [-0.3, -0.25) is 0 Å². The summed E-state index contributed by atoms with van der Waals surface area (Å²) in [7, 11) is 0. The summed E-state index contributed by atoms with van der Waals surface area (Å²) in [5.41, 5.74) is 0. The second-order valence-electron chi connectivity index (χ2n) is 5.65. The molecule has 0 heterocycles. The van der Waals surface area contributed by atoms with E-state index in [1.54, 1.807) is 0 Å². The van der Waals surface area contributed by atoms with E-state index in [4.69, 9.17) is 9.47 Å². The predicted octanol–water partition coefficient (Wildman–Crippen LogP) is 6.42. The van der Waals surface area contributed by atoms with Gasteiger partial charge in [0.05, 0.1) is 0 Å². The number of unbranched alkanes of at least 4 members (excludes halogenated alkanes) is 6.